The minimum absolute atomic E-state index is 0.203. The summed E-state index contributed by atoms with van der Waals surface area (Å²) in [7, 11) is 0. The van der Waals surface area contributed by atoms with Crippen LogP contribution >= 0.6 is 0 Å². The topological polar surface area (TPSA) is 132 Å². The number of anilines is 3. The Kier molecular flexibility index (Phi) is 5.93. The Morgan fingerprint density at radius 1 is 1.00 bits per heavy atom. The van der Waals surface area contributed by atoms with Crippen molar-refractivity contribution < 1.29 is 9.18 Å². The van der Waals surface area contributed by atoms with Crippen LogP contribution in [-0.2, 0) is 0 Å². The molecule has 1 aromatic carbocycles. The van der Waals surface area contributed by atoms with Crippen LogP contribution in [0.4, 0.5) is 22.0 Å². The van der Waals surface area contributed by atoms with Crippen molar-refractivity contribution in [3.8, 4) is 11.3 Å². The standard InChI is InChI=1S/C22H19FN8O/c1-13(14-2-4-17(23)5-3-14)28-22-29-18(15-8-16(21(24)32)11-26-10-15)9-19(31-22)30-20-12-25-6-7-27-20/h2-13H,1H3,(H2,24,32)(H2,27,28,29,30,31)/t13-/m0/s1. The van der Waals surface area contributed by atoms with E-state index < -0.39 is 5.91 Å². The highest BCUT2D eigenvalue weighted by Gasteiger charge is 2.13. The van der Waals surface area contributed by atoms with Gasteiger partial charge in [-0.2, -0.15) is 4.98 Å². The number of pyridine rings is 1. The van der Waals surface area contributed by atoms with Crippen molar-refractivity contribution in [3.63, 3.8) is 0 Å². The largest absolute Gasteiger partial charge is 0.366 e. The minimum Gasteiger partial charge on any atom is -0.366 e. The van der Waals surface area contributed by atoms with E-state index in [1.807, 2.05) is 6.92 Å². The maximum atomic E-state index is 13.3. The smallest absolute Gasteiger partial charge is 0.250 e. The molecule has 0 spiro atoms. The molecule has 4 N–H and O–H groups in total. The highest BCUT2D eigenvalue weighted by atomic mass is 19.1. The van der Waals surface area contributed by atoms with E-state index in [1.54, 1.807) is 49.1 Å². The van der Waals surface area contributed by atoms with E-state index in [0.717, 1.165) is 5.56 Å². The molecule has 3 heterocycles. The first-order valence-electron chi connectivity index (χ1n) is 9.67. The van der Waals surface area contributed by atoms with Gasteiger partial charge in [0.05, 0.1) is 23.5 Å². The molecule has 0 radical (unpaired) electrons. The number of carbonyl (C=O) groups is 1. The number of hydrogen-bond donors (Lipinski definition) is 3. The van der Waals surface area contributed by atoms with Crippen molar-refractivity contribution in [3.05, 3.63) is 84.3 Å². The molecule has 0 unspecified atom stereocenters. The molecule has 0 fully saturated rings. The van der Waals surface area contributed by atoms with Crippen molar-refractivity contribution in [1.82, 2.24) is 24.9 Å². The normalized spacial score (nSPS) is 11.6. The summed E-state index contributed by atoms with van der Waals surface area (Å²) in [6.07, 6.45) is 7.65. The molecule has 1 atom stereocenters. The highest BCUT2D eigenvalue weighted by molar-refractivity contribution is 5.93. The van der Waals surface area contributed by atoms with Crippen LogP contribution in [-0.4, -0.2) is 30.8 Å². The van der Waals surface area contributed by atoms with Crippen LogP contribution < -0.4 is 16.4 Å². The molecule has 1 amide bonds. The maximum Gasteiger partial charge on any atom is 0.250 e. The third-order valence-corrected chi connectivity index (χ3v) is 4.58. The summed E-state index contributed by atoms with van der Waals surface area (Å²) < 4.78 is 13.3. The fourth-order valence-electron chi connectivity index (χ4n) is 2.96. The number of nitrogens with two attached hydrogens (primary N) is 1. The van der Waals surface area contributed by atoms with Crippen molar-refractivity contribution in [2.24, 2.45) is 5.73 Å². The maximum absolute atomic E-state index is 13.3. The van der Waals surface area contributed by atoms with E-state index in [-0.39, 0.29) is 17.4 Å². The average molecular weight is 430 g/mol. The van der Waals surface area contributed by atoms with Crippen molar-refractivity contribution in [2.45, 2.75) is 13.0 Å². The van der Waals surface area contributed by atoms with Gasteiger partial charge in [-0.3, -0.25) is 14.8 Å². The van der Waals surface area contributed by atoms with Crippen LogP contribution in [0.3, 0.4) is 0 Å². The molecular formula is C22H19FN8O. The summed E-state index contributed by atoms with van der Waals surface area (Å²) in [4.78, 5) is 33.0. The average Bonchev–Trinajstić information content (AvgIpc) is 2.80. The van der Waals surface area contributed by atoms with E-state index in [1.165, 1.54) is 18.3 Å². The Labute approximate surface area is 183 Å². The van der Waals surface area contributed by atoms with Gasteiger partial charge in [-0.25, -0.2) is 14.4 Å². The molecule has 0 aliphatic heterocycles. The zero-order valence-electron chi connectivity index (χ0n) is 17.0. The Balaban J connectivity index is 1.70. The second-order valence-electron chi connectivity index (χ2n) is 6.92. The summed E-state index contributed by atoms with van der Waals surface area (Å²) >= 11 is 0. The molecule has 0 saturated heterocycles. The predicted octanol–water partition coefficient (Wildman–Crippen LogP) is 3.48. The first-order valence-corrected chi connectivity index (χ1v) is 9.67. The molecular weight excluding hydrogens is 411 g/mol. The monoisotopic (exact) mass is 430 g/mol. The predicted molar refractivity (Wildman–Crippen MR) is 118 cm³/mol. The summed E-state index contributed by atoms with van der Waals surface area (Å²) in [5.74, 6) is 0.369. The number of nitrogens with zero attached hydrogens (tertiary/aromatic N) is 5. The lowest BCUT2D eigenvalue weighted by molar-refractivity contribution is 0.1000. The number of hydrogen-bond acceptors (Lipinski definition) is 8. The molecule has 0 saturated carbocycles. The Bertz CT molecular complexity index is 1230. The van der Waals surface area contributed by atoms with Gasteiger partial charge in [0.15, 0.2) is 0 Å². The van der Waals surface area contributed by atoms with Gasteiger partial charge in [-0.15, -0.1) is 0 Å². The number of halogens is 1. The summed E-state index contributed by atoms with van der Waals surface area (Å²) in [6, 6.07) is 9.28. The first-order chi connectivity index (χ1) is 15.5. The van der Waals surface area contributed by atoms with Gasteiger partial charge in [0.1, 0.15) is 17.5 Å². The molecule has 4 rings (SSSR count). The number of rotatable bonds is 7. The fourth-order valence-corrected chi connectivity index (χ4v) is 2.96. The summed E-state index contributed by atoms with van der Waals surface area (Å²) in [5, 5.41) is 6.30. The molecule has 32 heavy (non-hydrogen) atoms. The van der Waals surface area contributed by atoms with Gasteiger partial charge >= 0.3 is 0 Å². The number of benzene rings is 1. The third-order valence-electron chi connectivity index (χ3n) is 4.58. The Morgan fingerprint density at radius 2 is 1.81 bits per heavy atom. The SMILES string of the molecule is C[C@H](Nc1nc(Nc2cnccn2)cc(-c2cncc(C(N)=O)c2)n1)c1ccc(F)cc1. The minimum atomic E-state index is -0.588. The lowest BCUT2D eigenvalue weighted by Gasteiger charge is -2.16. The van der Waals surface area contributed by atoms with Crippen molar-refractivity contribution in [2.75, 3.05) is 10.6 Å². The van der Waals surface area contributed by atoms with Crippen LogP contribution in [0.5, 0.6) is 0 Å². The lowest BCUT2D eigenvalue weighted by Crippen LogP contribution is -2.12. The van der Waals surface area contributed by atoms with Crippen LogP contribution in [0.2, 0.25) is 0 Å². The molecule has 3 aromatic heterocycles. The van der Waals surface area contributed by atoms with E-state index in [9.17, 15) is 9.18 Å². The molecule has 160 valence electrons. The van der Waals surface area contributed by atoms with Crippen LogP contribution in [0, 0.1) is 5.82 Å². The van der Waals surface area contributed by atoms with Gasteiger partial charge in [0, 0.05) is 36.4 Å². The second-order valence-corrected chi connectivity index (χ2v) is 6.92. The van der Waals surface area contributed by atoms with Gasteiger partial charge in [0.2, 0.25) is 11.9 Å². The van der Waals surface area contributed by atoms with Crippen LogP contribution in [0.1, 0.15) is 28.9 Å². The fraction of sp³-hybridized carbons (Fsp3) is 0.0909. The Morgan fingerprint density at radius 3 is 2.53 bits per heavy atom. The number of nitrogens with one attached hydrogen (secondary N) is 2. The summed E-state index contributed by atoms with van der Waals surface area (Å²) in [5.41, 5.74) is 7.61. The quantitative estimate of drug-likeness (QED) is 0.406. The van der Waals surface area contributed by atoms with Crippen molar-refractivity contribution >= 4 is 23.5 Å². The number of aromatic nitrogens is 5. The number of amides is 1. The molecule has 9 nitrogen and oxygen atoms in total. The number of carbonyl (C=O) groups excluding carboxylic acids is 1. The Hall–Kier alpha value is -4.47. The van der Waals surface area contributed by atoms with Gasteiger partial charge < -0.3 is 16.4 Å². The van der Waals surface area contributed by atoms with Gasteiger partial charge in [-0.1, -0.05) is 12.1 Å². The summed E-state index contributed by atoms with van der Waals surface area (Å²) in [6.45, 7) is 1.91. The zero-order valence-corrected chi connectivity index (χ0v) is 17.0. The molecule has 10 heteroatoms. The second kappa shape index (κ2) is 9.13. The van der Waals surface area contributed by atoms with E-state index in [2.05, 4.69) is 35.6 Å². The molecule has 4 aromatic rings. The molecule has 0 bridgehead atoms. The lowest BCUT2D eigenvalue weighted by atomic mass is 10.1. The van der Waals surface area contributed by atoms with Crippen LogP contribution in [0.25, 0.3) is 11.3 Å². The first kappa shape index (κ1) is 20.8. The van der Waals surface area contributed by atoms with Crippen LogP contribution in [0.15, 0.2) is 67.4 Å². The van der Waals surface area contributed by atoms with E-state index in [0.29, 0.717) is 28.8 Å². The van der Waals surface area contributed by atoms with E-state index >= 15 is 0 Å². The van der Waals surface area contributed by atoms with Gasteiger partial charge in [0.25, 0.3) is 0 Å². The zero-order chi connectivity index (χ0) is 22.5. The third kappa shape index (κ3) is 4.98. The molecule has 0 aliphatic rings. The highest BCUT2D eigenvalue weighted by Crippen LogP contribution is 2.25. The van der Waals surface area contributed by atoms with Gasteiger partial charge in [-0.05, 0) is 30.7 Å². The van der Waals surface area contributed by atoms with Crippen molar-refractivity contribution in [1.29, 1.82) is 0 Å². The van der Waals surface area contributed by atoms with E-state index in [4.69, 9.17) is 5.73 Å². The number of primary amides is 1. The molecule has 0 aliphatic carbocycles.